The Morgan fingerprint density at radius 2 is 1.73 bits per heavy atom. The molecule has 3 heteroatoms. The Kier molecular flexibility index (Phi) is 5.15. The molecule has 0 fully saturated rings. The lowest BCUT2D eigenvalue weighted by Gasteiger charge is -2.18. The van der Waals surface area contributed by atoms with Gasteiger partial charge >= 0.3 is 0 Å². The van der Waals surface area contributed by atoms with E-state index in [-0.39, 0.29) is 0 Å². The van der Waals surface area contributed by atoms with Crippen molar-refractivity contribution in [3.63, 3.8) is 0 Å². The molecule has 0 bridgehead atoms. The fourth-order valence-corrected chi connectivity index (χ4v) is 1.86. The van der Waals surface area contributed by atoms with Gasteiger partial charge in [0, 0.05) is 0 Å². The highest BCUT2D eigenvalue weighted by atomic mass is 16.5. The Hall–Kier alpha value is -1.06. The number of ether oxygens (including phenoxy) is 1. The quantitative estimate of drug-likeness (QED) is 0.744. The van der Waals surface area contributed by atoms with Crippen molar-refractivity contribution in [2.45, 2.75) is 18.8 Å². The zero-order valence-corrected chi connectivity index (χ0v) is 9.28. The number of rotatable bonds is 6. The van der Waals surface area contributed by atoms with Crippen LogP contribution in [0.1, 0.15) is 24.3 Å². The molecule has 0 radical (unpaired) electrons. The maximum Gasteiger partial charge on any atom is 0.122 e. The molecule has 0 aliphatic rings. The molecule has 0 aliphatic carbocycles. The summed E-state index contributed by atoms with van der Waals surface area (Å²) in [6, 6.07) is 8.08. The minimum atomic E-state index is 0.413. The Morgan fingerprint density at radius 3 is 2.27 bits per heavy atom. The number of methoxy groups -OCH3 is 1. The van der Waals surface area contributed by atoms with Gasteiger partial charge in [-0.1, -0.05) is 18.2 Å². The van der Waals surface area contributed by atoms with Gasteiger partial charge in [-0.3, -0.25) is 0 Å². The lowest BCUT2D eigenvalue weighted by Crippen LogP contribution is -2.12. The van der Waals surface area contributed by atoms with E-state index in [9.17, 15) is 0 Å². The molecule has 1 rings (SSSR count). The van der Waals surface area contributed by atoms with E-state index in [4.69, 9.17) is 16.2 Å². The highest BCUT2D eigenvalue weighted by Crippen LogP contribution is 2.30. The van der Waals surface area contributed by atoms with E-state index in [0.717, 1.165) is 18.6 Å². The smallest absolute Gasteiger partial charge is 0.122 e. The Bertz CT molecular complexity index is 283. The predicted molar refractivity (Wildman–Crippen MR) is 63.1 cm³/mol. The molecule has 0 amide bonds. The topological polar surface area (TPSA) is 61.3 Å². The summed E-state index contributed by atoms with van der Waals surface area (Å²) in [6.07, 6.45) is 1.91. The van der Waals surface area contributed by atoms with Crippen LogP contribution in [0.25, 0.3) is 0 Å². The maximum atomic E-state index is 5.61. The van der Waals surface area contributed by atoms with Gasteiger partial charge < -0.3 is 16.2 Å². The van der Waals surface area contributed by atoms with Crippen molar-refractivity contribution in [3.8, 4) is 5.75 Å². The van der Waals surface area contributed by atoms with Gasteiger partial charge in [-0.25, -0.2) is 0 Å². The van der Waals surface area contributed by atoms with Crippen LogP contribution in [0.4, 0.5) is 0 Å². The normalized spacial score (nSPS) is 10.7. The number of benzene rings is 1. The summed E-state index contributed by atoms with van der Waals surface area (Å²) >= 11 is 0. The lowest BCUT2D eigenvalue weighted by molar-refractivity contribution is 0.402. The number of hydrogen-bond acceptors (Lipinski definition) is 3. The van der Waals surface area contributed by atoms with Crippen LogP contribution in [0.2, 0.25) is 0 Å². The van der Waals surface area contributed by atoms with Crippen molar-refractivity contribution < 1.29 is 4.74 Å². The van der Waals surface area contributed by atoms with Crippen LogP contribution in [0.15, 0.2) is 24.3 Å². The Labute approximate surface area is 91.4 Å². The SMILES string of the molecule is COc1ccccc1C(CCN)CCN. The van der Waals surface area contributed by atoms with Gasteiger partial charge in [-0.2, -0.15) is 0 Å². The first kappa shape index (κ1) is 12.0. The summed E-state index contributed by atoms with van der Waals surface area (Å²) in [4.78, 5) is 0. The molecule has 0 aromatic heterocycles. The molecule has 15 heavy (non-hydrogen) atoms. The molecule has 84 valence electrons. The number of hydrogen-bond donors (Lipinski definition) is 2. The molecule has 1 aromatic carbocycles. The molecular weight excluding hydrogens is 188 g/mol. The highest BCUT2D eigenvalue weighted by Gasteiger charge is 2.13. The minimum Gasteiger partial charge on any atom is -0.496 e. The average Bonchev–Trinajstić information content (AvgIpc) is 2.29. The fraction of sp³-hybridized carbons (Fsp3) is 0.500. The van der Waals surface area contributed by atoms with E-state index >= 15 is 0 Å². The number of para-hydroxylation sites is 1. The second-order valence-corrected chi connectivity index (χ2v) is 3.59. The summed E-state index contributed by atoms with van der Waals surface area (Å²) in [5, 5.41) is 0. The molecule has 0 spiro atoms. The number of nitrogens with two attached hydrogens (primary N) is 2. The first-order chi connectivity index (χ1) is 7.33. The van der Waals surface area contributed by atoms with Crippen LogP contribution in [0.3, 0.4) is 0 Å². The van der Waals surface area contributed by atoms with E-state index in [0.29, 0.717) is 19.0 Å². The lowest BCUT2D eigenvalue weighted by atomic mass is 9.92. The Balaban J connectivity index is 2.88. The summed E-state index contributed by atoms with van der Waals surface area (Å²) in [5.74, 6) is 1.35. The molecule has 0 aliphatic heterocycles. The van der Waals surface area contributed by atoms with Crippen LogP contribution >= 0.6 is 0 Å². The van der Waals surface area contributed by atoms with Crippen molar-refractivity contribution >= 4 is 0 Å². The third-order valence-corrected chi connectivity index (χ3v) is 2.61. The highest BCUT2D eigenvalue weighted by molar-refractivity contribution is 5.36. The first-order valence-corrected chi connectivity index (χ1v) is 5.36. The summed E-state index contributed by atoms with van der Waals surface area (Å²) in [7, 11) is 1.70. The van der Waals surface area contributed by atoms with Gasteiger partial charge in [-0.05, 0) is 43.5 Å². The van der Waals surface area contributed by atoms with Crippen molar-refractivity contribution in [2.75, 3.05) is 20.2 Å². The summed E-state index contributed by atoms with van der Waals surface area (Å²) < 4.78 is 5.34. The van der Waals surface area contributed by atoms with Gasteiger partial charge in [0.15, 0.2) is 0 Å². The molecule has 0 unspecified atom stereocenters. The Morgan fingerprint density at radius 1 is 1.13 bits per heavy atom. The van der Waals surface area contributed by atoms with E-state index in [1.807, 2.05) is 18.2 Å². The van der Waals surface area contributed by atoms with E-state index in [1.54, 1.807) is 7.11 Å². The largest absolute Gasteiger partial charge is 0.496 e. The molecule has 0 atom stereocenters. The molecule has 3 nitrogen and oxygen atoms in total. The summed E-state index contributed by atoms with van der Waals surface area (Å²) in [5.41, 5.74) is 12.4. The maximum absolute atomic E-state index is 5.61. The van der Waals surface area contributed by atoms with Crippen molar-refractivity contribution in [1.82, 2.24) is 0 Å². The van der Waals surface area contributed by atoms with Gasteiger partial charge in [-0.15, -0.1) is 0 Å². The average molecular weight is 208 g/mol. The van der Waals surface area contributed by atoms with Gasteiger partial charge in [0.2, 0.25) is 0 Å². The summed E-state index contributed by atoms with van der Waals surface area (Å²) in [6.45, 7) is 1.37. The van der Waals surface area contributed by atoms with E-state index in [1.165, 1.54) is 5.56 Å². The second-order valence-electron chi connectivity index (χ2n) is 3.59. The third-order valence-electron chi connectivity index (χ3n) is 2.61. The molecular formula is C12H20N2O. The molecule has 1 aromatic rings. The fourth-order valence-electron chi connectivity index (χ4n) is 1.86. The van der Waals surface area contributed by atoms with Crippen LogP contribution in [0.5, 0.6) is 5.75 Å². The van der Waals surface area contributed by atoms with Crippen LogP contribution < -0.4 is 16.2 Å². The zero-order valence-electron chi connectivity index (χ0n) is 9.28. The van der Waals surface area contributed by atoms with Crippen LogP contribution in [0, 0.1) is 0 Å². The first-order valence-electron chi connectivity index (χ1n) is 5.36. The monoisotopic (exact) mass is 208 g/mol. The molecule has 0 saturated carbocycles. The second kappa shape index (κ2) is 6.43. The molecule has 0 saturated heterocycles. The van der Waals surface area contributed by atoms with Gasteiger partial charge in [0.1, 0.15) is 5.75 Å². The van der Waals surface area contributed by atoms with E-state index < -0.39 is 0 Å². The van der Waals surface area contributed by atoms with Crippen molar-refractivity contribution in [1.29, 1.82) is 0 Å². The predicted octanol–water partition coefficient (Wildman–Crippen LogP) is 1.48. The van der Waals surface area contributed by atoms with Crippen molar-refractivity contribution in [3.05, 3.63) is 29.8 Å². The van der Waals surface area contributed by atoms with Crippen molar-refractivity contribution in [2.24, 2.45) is 11.5 Å². The van der Waals surface area contributed by atoms with Gasteiger partial charge in [0.25, 0.3) is 0 Å². The van der Waals surface area contributed by atoms with Crippen LogP contribution in [-0.4, -0.2) is 20.2 Å². The molecule has 0 heterocycles. The zero-order chi connectivity index (χ0) is 11.1. The third kappa shape index (κ3) is 3.22. The van der Waals surface area contributed by atoms with E-state index in [2.05, 4.69) is 6.07 Å². The standard InChI is InChI=1S/C12H20N2O/c1-15-12-5-3-2-4-11(12)10(6-8-13)7-9-14/h2-5,10H,6-9,13-14H2,1H3. The van der Waals surface area contributed by atoms with Crippen LogP contribution in [-0.2, 0) is 0 Å². The molecule has 4 N–H and O–H groups in total. The minimum absolute atomic E-state index is 0.413. The van der Waals surface area contributed by atoms with Gasteiger partial charge in [0.05, 0.1) is 7.11 Å².